The minimum atomic E-state index is 0.0673. The molecule has 0 heterocycles. The monoisotopic (exact) mass is 262 g/mol. The van der Waals surface area contributed by atoms with Crippen LogP contribution in [0.1, 0.15) is 45.6 Å². The standard InChI is InChI=1S/C17H26O2/c1-13-10-14(2)12-17(3,11-13)15-6-4-5-7-16(15)19-9-8-18/h4-7,13-14,18H,8-12H2,1-3H3. The molecule has 0 spiro atoms. The van der Waals surface area contributed by atoms with Crippen LogP contribution in [0.2, 0.25) is 0 Å². The van der Waals surface area contributed by atoms with E-state index >= 15 is 0 Å². The third-order valence-corrected chi connectivity index (χ3v) is 4.29. The highest BCUT2D eigenvalue weighted by atomic mass is 16.5. The minimum absolute atomic E-state index is 0.0673. The summed E-state index contributed by atoms with van der Waals surface area (Å²) in [6, 6.07) is 8.32. The molecule has 0 amide bonds. The summed E-state index contributed by atoms with van der Waals surface area (Å²) in [4.78, 5) is 0. The molecule has 1 aromatic rings. The van der Waals surface area contributed by atoms with E-state index in [0.29, 0.717) is 6.61 Å². The molecular formula is C17H26O2. The fourth-order valence-corrected chi connectivity index (χ4v) is 3.94. The third kappa shape index (κ3) is 3.30. The molecule has 2 unspecified atom stereocenters. The van der Waals surface area contributed by atoms with E-state index in [-0.39, 0.29) is 12.0 Å². The van der Waals surface area contributed by atoms with E-state index in [1.54, 1.807) is 0 Å². The zero-order valence-corrected chi connectivity index (χ0v) is 12.4. The van der Waals surface area contributed by atoms with Crippen LogP contribution in [-0.2, 0) is 5.41 Å². The lowest BCUT2D eigenvalue weighted by molar-refractivity contribution is 0.176. The van der Waals surface area contributed by atoms with Gasteiger partial charge in [-0.25, -0.2) is 0 Å². The van der Waals surface area contributed by atoms with Crippen molar-refractivity contribution < 1.29 is 9.84 Å². The van der Waals surface area contributed by atoms with Crippen LogP contribution in [0.4, 0.5) is 0 Å². The lowest BCUT2D eigenvalue weighted by Gasteiger charge is -2.41. The largest absolute Gasteiger partial charge is 0.491 e. The van der Waals surface area contributed by atoms with Crippen molar-refractivity contribution in [1.29, 1.82) is 0 Å². The van der Waals surface area contributed by atoms with Gasteiger partial charge in [-0.3, -0.25) is 0 Å². The molecule has 1 aliphatic carbocycles. The van der Waals surface area contributed by atoms with Gasteiger partial charge in [0, 0.05) is 5.56 Å². The van der Waals surface area contributed by atoms with Crippen molar-refractivity contribution in [3.8, 4) is 5.75 Å². The summed E-state index contributed by atoms with van der Waals surface area (Å²) < 4.78 is 5.73. The van der Waals surface area contributed by atoms with Gasteiger partial charge in [0.15, 0.2) is 0 Å². The number of aliphatic hydroxyl groups is 1. The van der Waals surface area contributed by atoms with Gasteiger partial charge in [-0.2, -0.15) is 0 Å². The van der Waals surface area contributed by atoms with Gasteiger partial charge in [-0.15, -0.1) is 0 Å². The molecule has 0 saturated heterocycles. The predicted octanol–water partition coefficient (Wildman–Crippen LogP) is 3.77. The second-order valence-corrected chi connectivity index (χ2v) is 6.48. The van der Waals surface area contributed by atoms with Gasteiger partial charge < -0.3 is 9.84 Å². The van der Waals surface area contributed by atoms with Crippen molar-refractivity contribution in [2.75, 3.05) is 13.2 Å². The first-order valence-corrected chi connectivity index (χ1v) is 7.38. The van der Waals surface area contributed by atoms with Gasteiger partial charge in [0.1, 0.15) is 12.4 Å². The average Bonchev–Trinajstić information content (AvgIpc) is 2.35. The van der Waals surface area contributed by atoms with E-state index in [4.69, 9.17) is 9.84 Å². The molecule has 1 aromatic carbocycles. The van der Waals surface area contributed by atoms with Crippen molar-refractivity contribution >= 4 is 0 Å². The number of hydrogen-bond acceptors (Lipinski definition) is 2. The number of para-hydroxylation sites is 1. The van der Waals surface area contributed by atoms with E-state index in [1.807, 2.05) is 12.1 Å². The first-order valence-electron chi connectivity index (χ1n) is 7.38. The first kappa shape index (κ1) is 14.4. The predicted molar refractivity (Wildman–Crippen MR) is 78.6 cm³/mol. The minimum Gasteiger partial charge on any atom is -0.491 e. The summed E-state index contributed by atoms with van der Waals surface area (Å²) in [6.45, 7) is 7.51. The van der Waals surface area contributed by atoms with Crippen molar-refractivity contribution in [3.05, 3.63) is 29.8 Å². The molecule has 0 radical (unpaired) electrons. The Morgan fingerprint density at radius 1 is 1.21 bits per heavy atom. The Kier molecular flexibility index (Phi) is 4.51. The molecule has 2 rings (SSSR count). The van der Waals surface area contributed by atoms with Gasteiger partial charge >= 0.3 is 0 Å². The first-order chi connectivity index (χ1) is 9.05. The topological polar surface area (TPSA) is 29.5 Å². The van der Waals surface area contributed by atoms with Crippen LogP contribution in [0.3, 0.4) is 0 Å². The van der Waals surface area contributed by atoms with E-state index in [2.05, 4.69) is 32.9 Å². The highest BCUT2D eigenvalue weighted by molar-refractivity contribution is 5.39. The number of hydrogen-bond donors (Lipinski definition) is 1. The van der Waals surface area contributed by atoms with Gasteiger partial charge in [0.25, 0.3) is 0 Å². The lowest BCUT2D eigenvalue weighted by Crippen LogP contribution is -2.33. The number of benzene rings is 1. The summed E-state index contributed by atoms with van der Waals surface area (Å²) >= 11 is 0. The van der Waals surface area contributed by atoms with Gasteiger partial charge in [-0.05, 0) is 42.6 Å². The quantitative estimate of drug-likeness (QED) is 0.895. The van der Waals surface area contributed by atoms with Crippen LogP contribution in [-0.4, -0.2) is 18.3 Å². The van der Waals surface area contributed by atoms with Crippen LogP contribution >= 0.6 is 0 Å². The highest BCUT2D eigenvalue weighted by Crippen LogP contribution is 2.46. The van der Waals surface area contributed by atoms with Crippen molar-refractivity contribution in [3.63, 3.8) is 0 Å². The van der Waals surface area contributed by atoms with Gasteiger partial charge in [0.2, 0.25) is 0 Å². The molecule has 1 saturated carbocycles. The normalized spacial score (nSPS) is 31.2. The summed E-state index contributed by atoms with van der Waals surface area (Å²) in [5, 5.41) is 8.95. The maximum Gasteiger partial charge on any atom is 0.123 e. The zero-order valence-electron chi connectivity index (χ0n) is 12.4. The van der Waals surface area contributed by atoms with Crippen LogP contribution in [0.15, 0.2) is 24.3 Å². The second kappa shape index (κ2) is 5.96. The smallest absolute Gasteiger partial charge is 0.123 e. The van der Waals surface area contributed by atoms with Crippen molar-refractivity contribution in [1.82, 2.24) is 0 Å². The SMILES string of the molecule is CC1CC(C)CC(C)(c2ccccc2OCCO)C1. The summed E-state index contributed by atoms with van der Waals surface area (Å²) in [5.74, 6) is 2.47. The van der Waals surface area contributed by atoms with Crippen LogP contribution in [0.25, 0.3) is 0 Å². The maximum absolute atomic E-state index is 8.95. The number of aliphatic hydroxyl groups excluding tert-OH is 1. The van der Waals surface area contributed by atoms with E-state index in [1.165, 1.54) is 24.8 Å². The second-order valence-electron chi connectivity index (χ2n) is 6.48. The molecule has 19 heavy (non-hydrogen) atoms. The molecule has 1 N–H and O–H groups in total. The molecule has 2 nitrogen and oxygen atoms in total. The Morgan fingerprint density at radius 3 is 2.47 bits per heavy atom. The van der Waals surface area contributed by atoms with Crippen molar-refractivity contribution in [2.45, 2.75) is 45.4 Å². The fourth-order valence-electron chi connectivity index (χ4n) is 3.94. The van der Waals surface area contributed by atoms with E-state index in [0.717, 1.165) is 17.6 Å². The zero-order chi connectivity index (χ0) is 13.9. The Hall–Kier alpha value is -1.02. The molecule has 0 aromatic heterocycles. The van der Waals surface area contributed by atoms with Crippen LogP contribution in [0.5, 0.6) is 5.75 Å². The third-order valence-electron chi connectivity index (χ3n) is 4.29. The molecule has 1 fully saturated rings. The Balaban J connectivity index is 2.28. The average molecular weight is 262 g/mol. The van der Waals surface area contributed by atoms with Gasteiger partial charge in [-0.1, -0.05) is 39.0 Å². The van der Waals surface area contributed by atoms with Crippen molar-refractivity contribution in [2.24, 2.45) is 11.8 Å². The number of ether oxygens (including phenoxy) is 1. The Labute approximate surface area is 116 Å². The number of rotatable bonds is 4. The highest BCUT2D eigenvalue weighted by Gasteiger charge is 2.37. The lowest BCUT2D eigenvalue weighted by atomic mass is 9.64. The molecule has 1 aliphatic rings. The van der Waals surface area contributed by atoms with E-state index < -0.39 is 0 Å². The fraction of sp³-hybridized carbons (Fsp3) is 0.647. The molecule has 0 bridgehead atoms. The summed E-state index contributed by atoms with van der Waals surface area (Å²) in [7, 11) is 0. The van der Waals surface area contributed by atoms with Crippen LogP contribution < -0.4 is 4.74 Å². The maximum atomic E-state index is 8.95. The molecular weight excluding hydrogens is 236 g/mol. The molecule has 2 heteroatoms. The Morgan fingerprint density at radius 2 is 1.84 bits per heavy atom. The molecule has 0 aliphatic heterocycles. The Bertz CT molecular complexity index is 403. The summed E-state index contributed by atoms with van der Waals surface area (Å²) in [5.41, 5.74) is 1.50. The van der Waals surface area contributed by atoms with Crippen LogP contribution in [0, 0.1) is 11.8 Å². The summed E-state index contributed by atoms with van der Waals surface area (Å²) in [6.07, 6.45) is 3.77. The molecule has 2 atom stereocenters. The van der Waals surface area contributed by atoms with Gasteiger partial charge in [0.05, 0.1) is 6.61 Å². The van der Waals surface area contributed by atoms with E-state index in [9.17, 15) is 0 Å². The molecule has 106 valence electrons.